The fourth-order valence-corrected chi connectivity index (χ4v) is 2.51. The monoisotopic (exact) mass is 268 g/mol. The molecule has 0 aromatic rings. The lowest BCUT2D eigenvalue weighted by atomic mass is 10.0. The van der Waals surface area contributed by atoms with Crippen molar-refractivity contribution in [3.63, 3.8) is 0 Å². The van der Waals surface area contributed by atoms with Gasteiger partial charge in [0.1, 0.15) is 12.1 Å². The van der Waals surface area contributed by atoms with Gasteiger partial charge in [0.15, 0.2) is 0 Å². The molecule has 0 saturated carbocycles. The lowest BCUT2D eigenvalue weighted by molar-refractivity contribution is -0.148. The van der Waals surface area contributed by atoms with Crippen molar-refractivity contribution in [3.05, 3.63) is 0 Å². The van der Waals surface area contributed by atoms with Gasteiger partial charge in [-0.25, -0.2) is 0 Å². The normalized spacial score (nSPS) is 23.9. The number of hydrogen-bond donors (Lipinski definition) is 1. The van der Waals surface area contributed by atoms with Crippen LogP contribution in [0.5, 0.6) is 0 Å². The van der Waals surface area contributed by atoms with Gasteiger partial charge in [0, 0.05) is 6.54 Å². The summed E-state index contributed by atoms with van der Waals surface area (Å²) in [5.41, 5.74) is 0. The Morgan fingerprint density at radius 2 is 1.95 bits per heavy atom. The third-order valence-corrected chi connectivity index (χ3v) is 3.75. The lowest BCUT2D eigenvalue weighted by Crippen LogP contribution is -2.62. The van der Waals surface area contributed by atoms with Crippen molar-refractivity contribution in [2.45, 2.75) is 71.9 Å². The summed E-state index contributed by atoms with van der Waals surface area (Å²) in [5, 5.41) is 2.83. The van der Waals surface area contributed by atoms with Crippen LogP contribution in [0, 0.1) is 5.92 Å². The van der Waals surface area contributed by atoms with Crippen LogP contribution in [0.25, 0.3) is 0 Å². The first kappa shape index (κ1) is 16.0. The minimum absolute atomic E-state index is 0.0121. The third kappa shape index (κ3) is 4.51. The Labute approximate surface area is 116 Å². The van der Waals surface area contributed by atoms with E-state index in [2.05, 4.69) is 19.2 Å². The van der Waals surface area contributed by atoms with E-state index in [0.717, 1.165) is 25.7 Å². The van der Waals surface area contributed by atoms with Gasteiger partial charge in [-0.05, 0) is 25.7 Å². The first-order valence-corrected chi connectivity index (χ1v) is 7.58. The maximum absolute atomic E-state index is 12.3. The number of carbonyl (C=O) groups is 2. The van der Waals surface area contributed by atoms with E-state index in [9.17, 15) is 9.59 Å². The van der Waals surface area contributed by atoms with Crippen molar-refractivity contribution in [1.82, 2.24) is 10.2 Å². The van der Waals surface area contributed by atoms with Crippen LogP contribution in [0.4, 0.5) is 0 Å². The highest BCUT2D eigenvalue weighted by Gasteiger charge is 2.36. The van der Waals surface area contributed by atoms with E-state index in [1.807, 2.05) is 13.8 Å². The van der Waals surface area contributed by atoms with Crippen LogP contribution >= 0.6 is 0 Å². The van der Waals surface area contributed by atoms with E-state index in [4.69, 9.17) is 0 Å². The van der Waals surface area contributed by atoms with Gasteiger partial charge in [-0.1, -0.05) is 40.0 Å². The molecule has 0 aliphatic carbocycles. The maximum Gasteiger partial charge on any atom is 0.245 e. The summed E-state index contributed by atoms with van der Waals surface area (Å²) in [7, 11) is 0. The Kier molecular flexibility index (Phi) is 6.32. The van der Waals surface area contributed by atoms with Gasteiger partial charge in [-0.2, -0.15) is 0 Å². The molecule has 0 aromatic heterocycles. The minimum atomic E-state index is -0.320. The van der Waals surface area contributed by atoms with Gasteiger partial charge in [-0.15, -0.1) is 0 Å². The Hall–Kier alpha value is -1.06. The molecule has 0 radical (unpaired) electrons. The topological polar surface area (TPSA) is 49.4 Å². The molecule has 0 spiro atoms. The Bertz CT molecular complexity index is 315. The van der Waals surface area contributed by atoms with Crippen molar-refractivity contribution in [2.75, 3.05) is 6.54 Å². The zero-order chi connectivity index (χ0) is 14.4. The number of carbonyl (C=O) groups excluding carboxylic acids is 2. The van der Waals surface area contributed by atoms with Gasteiger partial charge in [0.25, 0.3) is 0 Å². The van der Waals surface area contributed by atoms with Crippen molar-refractivity contribution in [2.24, 2.45) is 5.92 Å². The van der Waals surface area contributed by atoms with Crippen molar-refractivity contribution < 1.29 is 9.59 Å². The highest BCUT2D eigenvalue weighted by molar-refractivity contribution is 5.96. The molecular formula is C15H28N2O2. The zero-order valence-electron chi connectivity index (χ0n) is 12.7. The summed E-state index contributed by atoms with van der Waals surface area (Å²) < 4.78 is 0. The molecule has 4 heteroatoms. The Balaban J connectivity index is 2.52. The maximum atomic E-state index is 12.3. The van der Waals surface area contributed by atoms with Crippen LogP contribution < -0.4 is 5.32 Å². The van der Waals surface area contributed by atoms with Crippen molar-refractivity contribution in [1.29, 1.82) is 0 Å². The summed E-state index contributed by atoms with van der Waals surface area (Å²) in [6.45, 7) is 8.97. The third-order valence-electron chi connectivity index (χ3n) is 3.75. The predicted molar refractivity (Wildman–Crippen MR) is 76.7 cm³/mol. The first-order chi connectivity index (χ1) is 8.97. The Morgan fingerprint density at radius 3 is 2.53 bits per heavy atom. The predicted octanol–water partition coefficient (Wildman–Crippen LogP) is 2.33. The summed E-state index contributed by atoms with van der Waals surface area (Å²) >= 11 is 0. The SMILES string of the molecule is CCCC1NC(=O)C(C)N(CCCCC(C)C)C1=O. The molecule has 19 heavy (non-hydrogen) atoms. The van der Waals surface area contributed by atoms with Crippen molar-refractivity contribution in [3.8, 4) is 0 Å². The number of hydrogen-bond acceptors (Lipinski definition) is 2. The highest BCUT2D eigenvalue weighted by Crippen LogP contribution is 2.15. The van der Waals surface area contributed by atoms with E-state index < -0.39 is 0 Å². The largest absolute Gasteiger partial charge is 0.343 e. The number of amides is 2. The molecule has 0 bridgehead atoms. The first-order valence-electron chi connectivity index (χ1n) is 7.58. The molecule has 1 heterocycles. The van der Waals surface area contributed by atoms with Crippen LogP contribution in [0.3, 0.4) is 0 Å². The fourth-order valence-electron chi connectivity index (χ4n) is 2.51. The van der Waals surface area contributed by atoms with Crippen LogP contribution in [-0.4, -0.2) is 35.3 Å². The number of rotatable bonds is 7. The smallest absolute Gasteiger partial charge is 0.245 e. The van der Waals surface area contributed by atoms with Crippen LogP contribution in [-0.2, 0) is 9.59 Å². The quantitative estimate of drug-likeness (QED) is 0.720. The highest BCUT2D eigenvalue weighted by atomic mass is 16.2. The van der Waals surface area contributed by atoms with Crippen LogP contribution in [0.1, 0.15) is 59.8 Å². The summed E-state index contributed by atoms with van der Waals surface area (Å²) in [6, 6.07) is -0.626. The standard InChI is InChI=1S/C15H28N2O2/c1-5-8-13-15(19)17(12(4)14(18)16-13)10-7-6-9-11(2)3/h11-13H,5-10H2,1-4H3,(H,16,18). The minimum Gasteiger partial charge on any atom is -0.343 e. The second-order valence-corrected chi connectivity index (χ2v) is 5.95. The molecule has 2 unspecified atom stereocenters. The van der Waals surface area contributed by atoms with E-state index in [1.165, 1.54) is 6.42 Å². The average molecular weight is 268 g/mol. The molecule has 2 amide bonds. The van der Waals surface area contributed by atoms with Gasteiger partial charge < -0.3 is 10.2 Å². The summed E-state index contributed by atoms with van der Waals surface area (Å²) in [5.74, 6) is 0.783. The van der Waals surface area contributed by atoms with Crippen LogP contribution in [0.15, 0.2) is 0 Å². The lowest BCUT2D eigenvalue weighted by Gasteiger charge is -2.37. The van der Waals surface area contributed by atoms with Gasteiger partial charge in [-0.3, -0.25) is 9.59 Å². The molecule has 110 valence electrons. The zero-order valence-corrected chi connectivity index (χ0v) is 12.7. The molecule has 0 aromatic carbocycles. The second-order valence-electron chi connectivity index (χ2n) is 5.95. The molecule has 1 aliphatic rings. The van der Waals surface area contributed by atoms with Gasteiger partial charge in [0.05, 0.1) is 0 Å². The summed E-state index contributed by atoms with van der Waals surface area (Å²) in [6.07, 6.45) is 4.93. The van der Waals surface area contributed by atoms with Gasteiger partial charge >= 0.3 is 0 Å². The van der Waals surface area contributed by atoms with E-state index >= 15 is 0 Å². The second kappa shape index (κ2) is 7.51. The molecule has 4 nitrogen and oxygen atoms in total. The number of nitrogens with zero attached hydrogens (tertiary/aromatic N) is 1. The molecule has 1 saturated heterocycles. The molecule has 1 rings (SSSR count). The molecule has 1 fully saturated rings. The van der Waals surface area contributed by atoms with E-state index in [1.54, 1.807) is 4.90 Å². The fraction of sp³-hybridized carbons (Fsp3) is 0.867. The van der Waals surface area contributed by atoms with Crippen molar-refractivity contribution >= 4 is 11.8 Å². The van der Waals surface area contributed by atoms with E-state index in [-0.39, 0.29) is 23.9 Å². The number of piperazine rings is 1. The number of unbranched alkanes of at least 4 members (excludes halogenated alkanes) is 1. The molecule has 1 N–H and O–H groups in total. The molecule has 2 atom stereocenters. The van der Waals surface area contributed by atoms with E-state index in [0.29, 0.717) is 12.5 Å². The Morgan fingerprint density at radius 1 is 1.26 bits per heavy atom. The molecular weight excluding hydrogens is 240 g/mol. The molecule has 1 aliphatic heterocycles. The van der Waals surface area contributed by atoms with Gasteiger partial charge in [0.2, 0.25) is 11.8 Å². The summed E-state index contributed by atoms with van der Waals surface area (Å²) in [4.78, 5) is 25.9. The number of nitrogens with one attached hydrogen (secondary N) is 1. The van der Waals surface area contributed by atoms with Crippen LogP contribution in [0.2, 0.25) is 0 Å². The average Bonchev–Trinajstić information content (AvgIpc) is 2.35.